The van der Waals surface area contributed by atoms with Crippen LogP contribution in [0.1, 0.15) is 0 Å². The second-order valence-electron chi connectivity index (χ2n) is 4.12. The Morgan fingerprint density at radius 3 is 2.11 bits per heavy atom. The van der Waals surface area contributed by atoms with Crippen molar-refractivity contribution in [3.8, 4) is 11.1 Å². The second kappa shape index (κ2) is 4.87. The lowest BCUT2D eigenvalue weighted by atomic mass is 9.98. The van der Waals surface area contributed by atoms with Gasteiger partial charge in [-0.3, -0.25) is 0 Å². The van der Waals surface area contributed by atoms with Crippen LogP contribution in [0.3, 0.4) is 0 Å². The maximum Gasteiger partial charge on any atom is 0.0265 e. The molecule has 0 heterocycles. The van der Waals surface area contributed by atoms with E-state index in [0.29, 0.717) is 0 Å². The molecule has 0 aromatic heterocycles. The van der Waals surface area contributed by atoms with Gasteiger partial charge in [-0.25, -0.2) is 0 Å². The summed E-state index contributed by atoms with van der Waals surface area (Å²) in [6, 6.07) is 21.0. The highest BCUT2D eigenvalue weighted by Gasteiger charge is 2.08. The molecule has 2 heteroatoms. The minimum atomic E-state index is 1.12. The van der Waals surface area contributed by atoms with E-state index >= 15 is 0 Å². The first-order valence-corrected chi connectivity index (χ1v) is 7.28. The molecule has 0 aliphatic heterocycles. The zero-order valence-electron chi connectivity index (χ0n) is 9.53. The number of hydrogen-bond donors (Lipinski definition) is 0. The Labute approximate surface area is 123 Å². The van der Waals surface area contributed by atoms with Crippen molar-refractivity contribution < 1.29 is 0 Å². The average molecular weight is 362 g/mol. The van der Waals surface area contributed by atoms with E-state index in [1.807, 2.05) is 6.07 Å². The molecular formula is C16H10Br2. The fourth-order valence-corrected chi connectivity index (χ4v) is 3.60. The number of halogens is 2. The molecule has 0 aliphatic carbocycles. The van der Waals surface area contributed by atoms with Gasteiger partial charge >= 0.3 is 0 Å². The zero-order chi connectivity index (χ0) is 12.5. The summed E-state index contributed by atoms with van der Waals surface area (Å²) >= 11 is 7.25. The van der Waals surface area contributed by atoms with Gasteiger partial charge in [0.25, 0.3) is 0 Å². The molecule has 0 unspecified atom stereocenters. The van der Waals surface area contributed by atoms with Gasteiger partial charge in [0.05, 0.1) is 0 Å². The fraction of sp³-hybridized carbons (Fsp3) is 0. The average Bonchev–Trinajstić information content (AvgIpc) is 2.40. The number of benzene rings is 3. The SMILES string of the molecule is Brc1cccc2c(-c3ccccc3)ccc(Br)c12. The first-order chi connectivity index (χ1) is 8.77. The summed E-state index contributed by atoms with van der Waals surface area (Å²) in [5.74, 6) is 0. The van der Waals surface area contributed by atoms with Crippen LogP contribution in [0.4, 0.5) is 0 Å². The summed E-state index contributed by atoms with van der Waals surface area (Å²) in [6.45, 7) is 0. The molecule has 0 atom stereocenters. The van der Waals surface area contributed by atoms with Crippen LogP contribution in [0.15, 0.2) is 69.6 Å². The van der Waals surface area contributed by atoms with E-state index in [1.165, 1.54) is 21.9 Å². The molecular weight excluding hydrogens is 352 g/mol. The van der Waals surface area contributed by atoms with Gasteiger partial charge in [-0.1, -0.05) is 80.4 Å². The highest BCUT2D eigenvalue weighted by atomic mass is 79.9. The highest BCUT2D eigenvalue weighted by Crippen LogP contribution is 2.37. The fourth-order valence-electron chi connectivity index (χ4n) is 2.19. The molecule has 0 bridgehead atoms. The van der Waals surface area contributed by atoms with Gasteiger partial charge in [-0.15, -0.1) is 0 Å². The van der Waals surface area contributed by atoms with Gasteiger partial charge in [-0.05, 0) is 28.6 Å². The van der Waals surface area contributed by atoms with Crippen LogP contribution < -0.4 is 0 Å². The number of rotatable bonds is 1. The van der Waals surface area contributed by atoms with Crippen molar-refractivity contribution >= 4 is 42.6 Å². The third-order valence-corrected chi connectivity index (χ3v) is 4.35. The monoisotopic (exact) mass is 360 g/mol. The van der Waals surface area contributed by atoms with Crippen LogP contribution in [0.25, 0.3) is 21.9 Å². The Hall–Kier alpha value is -1.12. The molecule has 0 radical (unpaired) electrons. The largest absolute Gasteiger partial charge is 0.0622 e. The molecule has 0 nitrogen and oxygen atoms in total. The normalized spacial score (nSPS) is 10.8. The van der Waals surface area contributed by atoms with Gasteiger partial charge in [0.2, 0.25) is 0 Å². The van der Waals surface area contributed by atoms with Crippen molar-refractivity contribution in [1.82, 2.24) is 0 Å². The molecule has 0 N–H and O–H groups in total. The summed E-state index contributed by atoms with van der Waals surface area (Å²) in [4.78, 5) is 0. The van der Waals surface area contributed by atoms with E-state index in [-0.39, 0.29) is 0 Å². The Bertz CT molecular complexity index is 695. The first-order valence-electron chi connectivity index (χ1n) is 5.69. The lowest BCUT2D eigenvalue weighted by molar-refractivity contribution is 1.62. The molecule has 0 saturated carbocycles. The maximum absolute atomic E-state index is 3.62. The van der Waals surface area contributed by atoms with Gasteiger partial charge in [0.15, 0.2) is 0 Å². The first kappa shape index (κ1) is 11.9. The van der Waals surface area contributed by atoms with Crippen LogP contribution >= 0.6 is 31.9 Å². The van der Waals surface area contributed by atoms with Crippen LogP contribution in [-0.2, 0) is 0 Å². The van der Waals surface area contributed by atoms with Gasteiger partial charge < -0.3 is 0 Å². The summed E-state index contributed by atoms with van der Waals surface area (Å²) in [6.07, 6.45) is 0. The molecule has 0 spiro atoms. The second-order valence-corrected chi connectivity index (χ2v) is 5.83. The minimum Gasteiger partial charge on any atom is -0.0622 e. The number of hydrogen-bond acceptors (Lipinski definition) is 0. The predicted octanol–water partition coefficient (Wildman–Crippen LogP) is 6.03. The van der Waals surface area contributed by atoms with E-state index in [9.17, 15) is 0 Å². The summed E-state index contributed by atoms with van der Waals surface area (Å²) in [5, 5.41) is 2.48. The molecule has 0 amide bonds. The van der Waals surface area contributed by atoms with Crippen LogP contribution in [0, 0.1) is 0 Å². The Morgan fingerprint density at radius 2 is 1.33 bits per heavy atom. The van der Waals surface area contributed by atoms with E-state index in [0.717, 1.165) is 8.95 Å². The van der Waals surface area contributed by atoms with Crippen molar-refractivity contribution in [2.24, 2.45) is 0 Å². The van der Waals surface area contributed by atoms with Crippen molar-refractivity contribution in [3.05, 3.63) is 69.6 Å². The smallest absolute Gasteiger partial charge is 0.0265 e. The zero-order valence-corrected chi connectivity index (χ0v) is 12.7. The predicted molar refractivity (Wildman–Crippen MR) is 84.8 cm³/mol. The maximum atomic E-state index is 3.62. The van der Waals surface area contributed by atoms with Crippen LogP contribution in [-0.4, -0.2) is 0 Å². The van der Waals surface area contributed by atoms with E-state index in [1.54, 1.807) is 0 Å². The lowest BCUT2D eigenvalue weighted by Crippen LogP contribution is -1.83. The highest BCUT2D eigenvalue weighted by molar-refractivity contribution is 9.11. The molecule has 3 aromatic rings. The quantitative estimate of drug-likeness (QED) is 0.496. The molecule has 0 aliphatic rings. The van der Waals surface area contributed by atoms with Gasteiger partial charge in [-0.2, -0.15) is 0 Å². The van der Waals surface area contributed by atoms with E-state index in [4.69, 9.17) is 0 Å². The third-order valence-electron chi connectivity index (χ3n) is 3.02. The van der Waals surface area contributed by atoms with E-state index in [2.05, 4.69) is 86.5 Å². The van der Waals surface area contributed by atoms with Crippen molar-refractivity contribution in [2.45, 2.75) is 0 Å². The summed E-state index contributed by atoms with van der Waals surface area (Å²) in [5.41, 5.74) is 2.50. The lowest BCUT2D eigenvalue weighted by Gasteiger charge is -2.10. The number of fused-ring (bicyclic) bond motifs is 1. The Morgan fingerprint density at radius 1 is 0.611 bits per heavy atom. The van der Waals surface area contributed by atoms with Crippen LogP contribution in [0.5, 0.6) is 0 Å². The van der Waals surface area contributed by atoms with Crippen molar-refractivity contribution in [1.29, 1.82) is 0 Å². The molecule has 3 rings (SSSR count). The standard InChI is InChI=1S/C16H10Br2/c17-14-8-4-7-13-12(9-10-15(18)16(13)14)11-5-2-1-3-6-11/h1-10H. The Kier molecular flexibility index (Phi) is 3.23. The van der Waals surface area contributed by atoms with Crippen molar-refractivity contribution in [3.63, 3.8) is 0 Å². The van der Waals surface area contributed by atoms with Gasteiger partial charge in [0, 0.05) is 14.3 Å². The van der Waals surface area contributed by atoms with E-state index < -0.39 is 0 Å². The molecule has 0 fully saturated rings. The third kappa shape index (κ3) is 2.00. The van der Waals surface area contributed by atoms with Crippen molar-refractivity contribution in [2.75, 3.05) is 0 Å². The Balaban J connectivity index is 2.39. The van der Waals surface area contributed by atoms with Gasteiger partial charge in [0.1, 0.15) is 0 Å². The minimum absolute atomic E-state index is 1.12. The summed E-state index contributed by atoms with van der Waals surface area (Å²) < 4.78 is 2.23. The molecule has 88 valence electrons. The van der Waals surface area contributed by atoms with Crippen LogP contribution in [0.2, 0.25) is 0 Å². The molecule has 0 saturated heterocycles. The summed E-state index contributed by atoms with van der Waals surface area (Å²) in [7, 11) is 0. The topological polar surface area (TPSA) is 0 Å². The molecule has 3 aromatic carbocycles. The molecule has 18 heavy (non-hydrogen) atoms.